The summed E-state index contributed by atoms with van der Waals surface area (Å²) in [4.78, 5) is 14.3. The topological polar surface area (TPSA) is 46.3 Å². The van der Waals surface area contributed by atoms with Gasteiger partial charge in [0.2, 0.25) is 0 Å². The van der Waals surface area contributed by atoms with Crippen LogP contribution in [0.25, 0.3) is 0 Å². The molecule has 19 heavy (non-hydrogen) atoms. The number of halogens is 3. The molecule has 1 aromatic carbocycles. The number of hydrogen-bond donors (Lipinski definition) is 1. The van der Waals surface area contributed by atoms with Gasteiger partial charge in [0.25, 0.3) is 5.91 Å². The van der Waals surface area contributed by atoms with Gasteiger partial charge in [-0.3, -0.25) is 4.79 Å². The lowest BCUT2D eigenvalue weighted by Gasteiger charge is -2.35. The maximum atomic E-state index is 12.4. The van der Waals surface area contributed by atoms with Gasteiger partial charge < -0.3 is 10.6 Å². The average molecular weight is 324 g/mol. The molecule has 1 unspecified atom stereocenters. The van der Waals surface area contributed by atoms with E-state index >= 15 is 0 Å². The van der Waals surface area contributed by atoms with Gasteiger partial charge in [-0.15, -0.1) is 12.4 Å². The van der Waals surface area contributed by atoms with Crippen LogP contribution in [0.1, 0.15) is 29.6 Å². The fourth-order valence-electron chi connectivity index (χ4n) is 2.31. The van der Waals surface area contributed by atoms with Crippen LogP contribution in [0.15, 0.2) is 18.2 Å². The molecule has 1 aromatic rings. The Hall–Kier alpha value is -0.480. The minimum Gasteiger partial charge on any atom is -0.334 e. The first-order valence-corrected chi connectivity index (χ1v) is 6.85. The summed E-state index contributed by atoms with van der Waals surface area (Å²) < 4.78 is 0. The molecule has 1 heterocycles. The zero-order valence-corrected chi connectivity index (χ0v) is 12.8. The van der Waals surface area contributed by atoms with Crippen molar-refractivity contribution in [3.8, 4) is 0 Å². The Morgan fingerprint density at radius 1 is 1.32 bits per heavy atom. The van der Waals surface area contributed by atoms with Crippen molar-refractivity contribution >= 4 is 41.5 Å². The van der Waals surface area contributed by atoms with E-state index in [1.165, 1.54) is 0 Å². The Balaban J connectivity index is 0.00000180. The third-order valence-corrected chi connectivity index (χ3v) is 4.07. The average Bonchev–Trinajstić information content (AvgIpc) is 2.41. The number of rotatable bonds is 2. The highest BCUT2D eigenvalue weighted by Crippen LogP contribution is 2.25. The molecular weight excluding hydrogens is 307 g/mol. The van der Waals surface area contributed by atoms with Crippen molar-refractivity contribution in [3.63, 3.8) is 0 Å². The van der Waals surface area contributed by atoms with Crippen molar-refractivity contribution in [1.82, 2.24) is 4.90 Å². The number of carbonyl (C=O) groups is 1. The van der Waals surface area contributed by atoms with Crippen molar-refractivity contribution in [2.24, 2.45) is 5.73 Å². The molecule has 0 spiro atoms. The van der Waals surface area contributed by atoms with E-state index in [2.05, 4.69) is 0 Å². The Labute approximate surface area is 129 Å². The Kier molecular flexibility index (Phi) is 6.40. The van der Waals surface area contributed by atoms with Gasteiger partial charge in [0.05, 0.1) is 10.0 Å². The molecule has 0 aromatic heterocycles. The first-order valence-electron chi connectivity index (χ1n) is 6.09. The quantitative estimate of drug-likeness (QED) is 0.907. The molecule has 1 atom stereocenters. The van der Waals surface area contributed by atoms with Crippen LogP contribution in [0.5, 0.6) is 0 Å². The van der Waals surface area contributed by atoms with Crippen LogP contribution >= 0.6 is 35.6 Å². The highest BCUT2D eigenvalue weighted by atomic mass is 35.5. The van der Waals surface area contributed by atoms with Crippen LogP contribution < -0.4 is 5.73 Å². The normalized spacial score (nSPS) is 18.9. The fourth-order valence-corrected chi connectivity index (χ4v) is 2.61. The highest BCUT2D eigenvalue weighted by Gasteiger charge is 2.26. The summed E-state index contributed by atoms with van der Waals surface area (Å²) in [5, 5.41) is 0.867. The molecule has 0 radical (unpaired) electrons. The monoisotopic (exact) mass is 322 g/mol. The van der Waals surface area contributed by atoms with Gasteiger partial charge in [-0.05, 0) is 37.5 Å². The van der Waals surface area contributed by atoms with E-state index < -0.39 is 0 Å². The fraction of sp³-hybridized carbons (Fsp3) is 0.462. The predicted octanol–water partition coefficient (Wildman–Crippen LogP) is 3.37. The second-order valence-corrected chi connectivity index (χ2v) is 5.33. The molecule has 2 rings (SSSR count). The maximum Gasteiger partial charge on any atom is 0.254 e. The van der Waals surface area contributed by atoms with Gasteiger partial charge in [-0.1, -0.05) is 23.2 Å². The molecule has 1 aliphatic heterocycles. The lowest BCUT2D eigenvalue weighted by atomic mass is 10.0. The van der Waals surface area contributed by atoms with Gasteiger partial charge in [-0.2, -0.15) is 0 Å². The number of nitrogens with two attached hydrogens (primary N) is 1. The molecule has 0 aliphatic carbocycles. The van der Waals surface area contributed by atoms with E-state index in [9.17, 15) is 4.79 Å². The first-order chi connectivity index (χ1) is 8.63. The molecule has 1 amide bonds. The smallest absolute Gasteiger partial charge is 0.254 e. The third-order valence-electron chi connectivity index (χ3n) is 3.33. The number of carbonyl (C=O) groups excluding carboxylic acids is 1. The van der Waals surface area contributed by atoms with Crippen molar-refractivity contribution in [3.05, 3.63) is 33.8 Å². The SMILES string of the molecule is Cl.NCC1CCCCN1C(=O)c1ccc(Cl)c(Cl)c1. The van der Waals surface area contributed by atoms with Crippen LogP contribution in [0.3, 0.4) is 0 Å². The van der Waals surface area contributed by atoms with E-state index in [4.69, 9.17) is 28.9 Å². The Morgan fingerprint density at radius 3 is 2.68 bits per heavy atom. The number of piperidine rings is 1. The van der Waals surface area contributed by atoms with Gasteiger partial charge in [0.15, 0.2) is 0 Å². The highest BCUT2D eigenvalue weighted by molar-refractivity contribution is 6.42. The zero-order chi connectivity index (χ0) is 13.1. The molecule has 3 nitrogen and oxygen atoms in total. The van der Waals surface area contributed by atoms with Gasteiger partial charge in [-0.25, -0.2) is 0 Å². The minimum atomic E-state index is -0.0104. The summed E-state index contributed by atoms with van der Waals surface area (Å²) in [6.45, 7) is 1.27. The molecule has 106 valence electrons. The van der Waals surface area contributed by atoms with Gasteiger partial charge in [0, 0.05) is 24.7 Å². The zero-order valence-electron chi connectivity index (χ0n) is 10.4. The van der Waals surface area contributed by atoms with Crippen LogP contribution in [0.2, 0.25) is 10.0 Å². The second kappa shape index (κ2) is 7.34. The van der Waals surface area contributed by atoms with Crippen molar-refractivity contribution in [1.29, 1.82) is 0 Å². The second-order valence-electron chi connectivity index (χ2n) is 4.51. The Bertz CT molecular complexity index is 454. The standard InChI is InChI=1S/C13H16Cl2N2O.ClH/c14-11-5-4-9(7-12(11)15)13(18)17-6-2-1-3-10(17)8-16;/h4-5,7,10H,1-3,6,8,16H2;1H. The lowest BCUT2D eigenvalue weighted by Crippen LogP contribution is -2.47. The van der Waals surface area contributed by atoms with Crippen molar-refractivity contribution in [2.75, 3.05) is 13.1 Å². The largest absolute Gasteiger partial charge is 0.334 e. The van der Waals surface area contributed by atoms with E-state index in [1.54, 1.807) is 18.2 Å². The molecule has 1 aliphatic rings. The maximum absolute atomic E-state index is 12.4. The molecule has 0 saturated carbocycles. The van der Waals surface area contributed by atoms with Crippen molar-refractivity contribution in [2.45, 2.75) is 25.3 Å². The molecule has 1 fully saturated rings. The summed E-state index contributed by atoms with van der Waals surface area (Å²) >= 11 is 11.8. The summed E-state index contributed by atoms with van der Waals surface area (Å²) in [7, 11) is 0. The van der Waals surface area contributed by atoms with E-state index in [0.717, 1.165) is 25.8 Å². The summed E-state index contributed by atoms with van der Waals surface area (Å²) in [6, 6.07) is 5.12. The van der Waals surface area contributed by atoms with Crippen LogP contribution in [0, 0.1) is 0 Å². The predicted molar refractivity (Wildman–Crippen MR) is 81.4 cm³/mol. The molecule has 1 saturated heterocycles. The van der Waals surface area contributed by atoms with E-state index in [0.29, 0.717) is 22.2 Å². The number of nitrogens with zero attached hydrogens (tertiary/aromatic N) is 1. The lowest BCUT2D eigenvalue weighted by molar-refractivity contribution is 0.0623. The Morgan fingerprint density at radius 2 is 2.05 bits per heavy atom. The first kappa shape index (κ1) is 16.6. The summed E-state index contributed by atoms with van der Waals surface area (Å²) in [5.74, 6) is -0.0104. The van der Waals surface area contributed by atoms with Crippen molar-refractivity contribution < 1.29 is 4.79 Å². The number of benzene rings is 1. The van der Waals surface area contributed by atoms with Crippen LogP contribution in [-0.4, -0.2) is 29.9 Å². The summed E-state index contributed by atoms with van der Waals surface area (Å²) in [5.41, 5.74) is 6.30. The molecular formula is C13H17Cl3N2O. The van der Waals surface area contributed by atoms with E-state index in [1.807, 2.05) is 4.90 Å². The van der Waals surface area contributed by atoms with Crippen LogP contribution in [-0.2, 0) is 0 Å². The number of likely N-dealkylation sites (tertiary alicyclic amines) is 1. The van der Waals surface area contributed by atoms with E-state index in [-0.39, 0.29) is 24.4 Å². The van der Waals surface area contributed by atoms with Gasteiger partial charge in [0.1, 0.15) is 0 Å². The number of amides is 1. The van der Waals surface area contributed by atoms with Gasteiger partial charge >= 0.3 is 0 Å². The number of hydrogen-bond acceptors (Lipinski definition) is 2. The van der Waals surface area contributed by atoms with Crippen LogP contribution in [0.4, 0.5) is 0 Å². The molecule has 0 bridgehead atoms. The molecule has 2 N–H and O–H groups in total. The molecule has 6 heteroatoms. The summed E-state index contributed by atoms with van der Waals surface area (Å²) in [6.07, 6.45) is 3.14. The third kappa shape index (κ3) is 3.76. The minimum absolute atomic E-state index is 0.